The molecule has 0 unspecified atom stereocenters. The molecule has 3 nitrogen and oxygen atoms in total. The van der Waals surface area contributed by atoms with E-state index in [0.717, 1.165) is 12.8 Å². The normalized spacial score (nSPS) is 15.6. The van der Waals surface area contributed by atoms with Crippen LogP contribution in [0.15, 0.2) is 0 Å². The largest absolute Gasteiger partial charge is 0.264 e. The lowest BCUT2D eigenvalue weighted by atomic mass is 9.97. The summed E-state index contributed by atoms with van der Waals surface area (Å²) in [5.74, 6) is 0.214. The fraction of sp³-hybridized carbons (Fsp3) is 1.00. The van der Waals surface area contributed by atoms with Crippen molar-refractivity contribution in [1.29, 1.82) is 0 Å². The summed E-state index contributed by atoms with van der Waals surface area (Å²) in [4.78, 5) is 10.2. The molecule has 0 aromatic heterocycles. The maximum atomic E-state index is 10.4. The lowest BCUT2D eigenvalue weighted by Crippen LogP contribution is -2.23. The van der Waals surface area contributed by atoms with Gasteiger partial charge in [0, 0.05) is 17.8 Å². The molecular weight excluding hydrogens is 154 g/mol. The summed E-state index contributed by atoms with van der Waals surface area (Å²) < 4.78 is 0. The van der Waals surface area contributed by atoms with Gasteiger partial charge in [-0.3, -0.25) is 10.1 Å². The SMILES string of the molecule is CCCCC[C@@H](C)[C@H](C)[N+](=O)[O-]. The van der Waals surface area contributed by atoms with Gasteiger partial charge in [0.15, 0.2) is 0 Å². The number of hydrogen-bond acceptors (Lipinski definition) is 2. The Labute approximate surface area is 74.3 Å². The molecule has 0 spiro atoms. The third kappa shape index (κ3) is 4.31. The molecule has 3 heteroatoms. The first-order valence-corrected chi connectivity index (χ1v) is 4.73. The maximum absolute atomic E-state index is 10.4. The van der Waals surface area contributed by atoms with Crippen LogP contribution in [0.4, 0.5) is 0 Å². The van der Waals surface area contributed by atoms with Gasteiger partial charge < -0.3 is 0 Å². The Morgan fingerprint density at radius 2 is 1.92 bits per heavy atom. The van der Waals surface area contributed by atoms with E-state index in [1.54, 1.807) is 6.92 Å². The van der Waals surface area contributed by atoms with Gasteiger partial charge in [0.2, 0.25) is 6.04 Å². The Morgan fingerprint density at radius 3 is 2.33 bits per heavy atom. The fourth-order valence-electron chi connectivity index (χ4n) is 1.17. The number of rotatable bonds is 6. The van der Waals surface area contributed by atoms with Crippen LogP contribution in [-0.2, 0) is 0 Å². The summed E-state index contributed by atoms with van der Waals surface area (Å²) in [6.07, 6.45) is 4.47. The van der Waals surface area contributed by atoms with Crippen LogP contribution < -0.4 is 0 Å². The number of nitrogens with zero attached hydrogens (tertiary/aromatic N) is 1. The molecule has 0 N–H and O–H groups in total. The van der Waals surface area contributed by atoms with Crippen LogP contribution in [0.25, 0.3) is 0 Å². The van der Waals surface area contributed by atoms with Crippen LogP contribution in [-0.4, -0.2) is 11.0 Å². The second kappa shape index (κ2) is 5.98. The molecule has 12 heavy (non-hydrogen) atoms. The number of unbranched alkanes of at least 4 members (excludes halogenated alkanes) is 2. The minimum absolute atomic E-state index is 0.184. The van der Waals surface area contributed by atoms with E-state index in [4.69, 9.17) is 0 Å². The number of hydrogen-bond donors (Lipinski definition) is 0. The molecule has 0 aromatic rings. The Morgan fingerprint density at radius 1 is 1.33 bits per heavy atom. The van der Waals surface area contributed by atoms with Crippen LogP contribution in [0.1, 0.15) is 46.5 Å². The fourth-order valence-corrected chi connectivity index (χ4v) is 1.17. The molecule has 0 amide bonds. The maximum Gasteiger partial charge on any atom is 0.212 e. The lowest BCUT2D eigenvalue weighted by molar-refractivity contribution is -0.527. The second-order valence-corrected chi connectivity index (χ2v) is 3.50. The first kappa shape index (κ1) is 11.4. The molecule has 0 radical (unpaired) electrons. The first-order valence-electron chi connectivity index (χ1n) is 4.73. The van der Waals surface area contributed by atoms with Crippen molar-refractivity contribution in [2.75, 3.05) is 0 Å². The molecule has 2 atom stereocenters. The highest BCUT2D eigenvalue weighted by atomic mass is 16.6. The molecule has 0 fully saturated rings. The molecule has 0 aromatic carbocycles. The minimum atomic E-state index is -0.387. The summed E-state index contributed by atoms with van der Waals surface area (Å²) in [7, 11) is 0. The van der Waals surface area contributed by atoms with Gasteiger partial charge in [0.1, 0.15) is 0 Å². The van der Waals surface area contributed by atoms with Crippen molar-refractivity contribution in [3.63, 3.8) is 0 Å². The van der Waals surface area contributed by atoms with E-state index in [0.29, 0.717) is 0 Å². The van der Waals surface area contributed by atoms with E-state index in [9.17, 15) is 10.1 Å². The summed E-state index contributed by atoms with van der Waals surface area (Å²) in [6, 6.07) is -0.387. The molecule has 0 aliphatic carbocycles. The van der Waals surface area contributed by atoms with Crippen molar-refractivity contribution >= 4 is 0 Å². The van der Waals surface area contributed by atoms with Crippen LogP contribution in [0, 0.1) is 16.0 Å². The third-order valence-electron chi connectivity index (χ3n) is 2.42. The van der Waals surface area contributed by atoms with Crippen molar-refractivity contribution < 1.29 is 4.92 Å². The van der Waals surface area contributed by atoms with E-state index < -0.39 is 0 Å². The van der Waals surface area contributed by atoms with Crippen molar-refractivity contribution in [2.24, 2.45) is 5.92 Å². The highest BCUT2D eigenvalue weighted by Crippen LogP contribution is 2.14. The highest BCUT2D eigenvalue weighted by molar-refractivity contribution is 4.59. The van der Waals surface area contributed by atoms with E-state index >= 15 is 0 Å². The van der Waals surface area contributed by atoms with Gasteiger partial charge in [-0.25, -0.2) is 0 Å². The molecule has 0 heterocycles. The number of nitro groups is 1. The molecule has 0 aliphatic heterocycles. The Hall–Kier alpha value is -0.600. The van der Waals surface area contributed by atoms with Gasteiger partial charge in [0.05, 0.1) is 0 Å². The average molecular weight is 173 g/mol. The monoisotopic (exact) mass is 173 g/mol. The predicted molar refractivity (Wildman–Crippen MR) is 49.8 cm³/mol. The molecule has 0 rings (SSSR count). The Bertz CT molecular complexity index is 136. The second-order valence-electron chi connectivity index (χ2n) is 3.50. The van der Waals surface area contributed by atoms with Crippen LogP contribution in [0.3, 0.4) is 0 Å². The highest BCUT2D eigenvalue weighted by Gasteiger charge is 2.20. The van der Waals surface area contributed by atoms with Gasteiger partial charge in [-0.1, -0.05) is 33.1 Å². The van der Waals surface area contributed by atoms with E-state index in [1.165, 1.54) is 12.8 Å². The molecule has 0 saturated heterocycles. The Balaban J connectivity index is 3.56. The van der Waals surface area contributed by atoms with Crippen LogP contribution in [0.5, 0.6) is 0 Å². The molecule has 0 saturated carbocycles. The summed E-state index contributed by atoms with van der Waals surface area (Å²) in [6.45, 7) is 5.79. The van der Waals surface area contributed by atoms with Gasteiger partial charge in [-0.2, -0.15) is 0 Å². The summed E-state index contributed by atoms with van der Waals surface area (Å²) >= 11 is 0. The van der Waals surface area contributed by atoms with E-state index in [-0.39, 0.29) is 16.9 Å². The van der Waals surface area contributed by atoms with Crippen molar-refractivity contribution in [2.45, 2.75) is 52.5 Å². The third-order valence-corrected chi connectivity index (χ3v) is 2.42. The minimum Gasteiger partial charge on any atom is -0.264 e. The molecule has 0 bridgehead atoms. The predicted octanol–water partition coefficient (Wildman–Crippen LogP) is 2.87. The van der Waals surface area contributed by atoms with Crippen molar-refractivity contribution in [3.8, 4) is 0 Å². The van der Waals surface area contributed by atoms with E-state index in [1.807, 2.05) is 6.92 Å². The Kier molecular flexibility index (Phi) is 5.68. The van der Waals surface area contributed by atoms with Crippen LogP contribution >= 0.6 is 0 Å². The van der Waals surface area contributed by atoms with Gasteiger partial charge in [-0.05, 0) is 6.42 Å². The summed E-state index contributed by atoms with van der Waals surface area (Å²) in [5, 5.41) is 10.4. The van der Waals surface area contributed by atoms with Gasteiger partial charge in [-0.15, -0.1) is 0 Å². The van der Waals surface area contributed by atoms with E-state index in [2.05, 4.69) is 6.92 Å². The topological polar surface area (TPSA) is 43.1 Å². The van der Waals surface area contributed by atoms with Crippen molar-refractivity contribution in [1.82, 2.24) is 0 Å². The average Bonchev–Trinajstić information content (AvgIpc) is 2.03. The van der Waals surface area contributed by atoms with Crippen molar-refractivity contribution in [3.05, 3.63) is 10.1 Å². The standard InChI is InChI=1S/C9H19NO2/c1-4-5-6-7-8(2)9(3)10(11)12/h8-9H,4-7H2,1-3H3/t8-,9+/m1/s1. The molecule has 72 valence electrons. The van der Waals surface area contributed by atoms with Crippen LogP contribution in [0.2, 0.25) is 0 Å². The molecular formula is C9H19NO2. The van der Waals surface area contributed by atoms with Gasteiger partial charge >= 0.3 is 0 Å². The zero-order valence-electron chi connectivity index (χ0n) is 8.25. The smallest absolute Gasteiger partial charge is 0.212 e. The lowest BCUT2D eigenvalue weighted by Gasteiger charge is -2.11. The first-order chi connectivity index (χ1) is 5.59. The molecule has 0 aliphatic rings. The zero-order chi connectivity index (χ0) is 9.56. The summed E-state index contributed by atoms with van der Waals surface area (Å²) in [5.41, 5.74) is 0. The van der Waals surface area contributed by atoms with Gasteiger partial charge in [0.25, 0.3) is 0 Å². The quantitative estimate of drug-likeness (QED) is 0.352. The zero-order valence-corrected chi connectivity index (χ0v) is 8.25.